The van der Waals surface area contributed by atoms with E-state index in [4.69, 9.17) is 5.73 Å². The molecule has 0 amide bonds. The van der Waals surface area contributed by atoms with E-state index in [1.54, 1.807) is 31.5 Å². The van der Waals surface area contributed by atoms with E-state index in [1.807, 2.05) is 13.0 Å². The highest BCUT2D eigenvalue weighted by Gasteiger charge is 2.32. The lowest BCUT2D eigenvalue weighted by molar-refractivity contribution is 0.0784. The number of aryl methyl sites for hydroxylation is 1. The molecule has 0 radical (unpaired) electrons. The maximum absolute atomic E-state index is 14.3. The second-order valence-corrected chi connectivity index (χ2v) is 8.60. The number of carbonyl (C=O) groups is 1. The summed E-state index contributed by atoms with van der Waals surface area (Å²) in [6, 6.07) is 8.23. The number of benzene rings is 1. The zero-order valence-electron chi connectivity index (χ0n) is 18.5. The Kier molecular flexibility index (Phi) is 6.49. The number of halogens is 2. The fourth-order valence-electron chi connectivity index (χ4n) is 4.30. The lowest BCUT2D eigenvalue weighted by Crippen LogP contribution is -2.55. The largest absolute Gasteiger partial charge is 0.391 e. The Bertz CT molecular complexity index is 1150. The molecule has 6 nitrogen and oxygen atoms in total. The van der Waals surface area contributed by atoms with Crippen LogP contribution in [0.2, 0.25) is 0 Å². The minimum absolute atomic E-state index is 0.0150. The SMILES string of the molecule is Cc1ccc(C(=O)Cc2cnccc2N2C[C@@H](N)C(O)[C@@H](C)C2)nc1-c1c(F)cccc1F. The van der Waals surface area contributed by atoms with Crippen molar-refractivity contribution in [2.45, 2.75) is 32.4 Å². The number of aliphatic hydroxyl groups excluding tert-OH is 1. The summed E-state index contributed by atoms with van der Waals surface area (Å²) in [4.78, 5) is 23.7. The number of ketones is 1. The zero-order chi connectivity index (χ0) is 23.7. The lowest BCUT2D eigenvalue weighted by Gasteiger charge is -2.40. The predicted molar refractivity (Wildman–Crippen MR) is 122 cm³/mol. The van der Waals surface area contributed by atoms with Crippen molar-refractivity contribution in [3.05, 3.63) is 77.2 Å². The minimum atomic E-state index is -0.734. The molecule has 1 aromatic carbocycles. The van der Waals surface area contributed by atoms with E-state index in [1.165, 1.54) is 6.07 Å². The molecule has 1 aliphatic rings. The third-order valence-electron chi connectivity index (χ3n) is 6.11. The van der Waals surface area contributed by atoms with Gasteiger partial charge in [-0.3, -0.25) is 9.78 Å². The maximum Gasteiger partial charge on any atom is 0.185 e. The van der Waals surface area contributed by atoms with Crippen molar-refractivity contribution in [2.24, 2.45) is 11.7 Å². The van der Waals surface area contributed by atoms with E-state index in [-0.39, 0.29) is 35.1 Å². The first kappa shape index (κ1) is 22.9. The van der Waals surface area contributed by atoms with E-state index < -0.39 is 23.8 Å². The van der Waals surface area contributed by atoms with E-state index in [2.05, 4.69) is 14.9 Å². The summed E-state index contributed by atoms with van der Waals surface area (Å²) in [6.45, 7) is 4.68. The van der Waals surface area contributed by atoms with Gasteiger partial charge >= 0.3 is 0 Å². The van der Waals surface area contributed by atoms with Gasteiger partial charge < -0.3 is 15.7 Å². The number of rotatable bonds is 5. The Morgan fingerprint density at radius 1 is 1.18 bits per heavy atom. The summed E-state index contributed by atoms with van der Waals surface area (Å²) in [5, 5.41) is 10.2. The Morgan fingerprint density at radius 2 is 1.91 bits per heavy atom. The van der Waals surface area contributed by atoms with Gasteiger partial charge in [-0.15, -0.1) is 0 Å². The highest BCUT2D eigenvalue weighted by molar-refractivity contribution is 5.97. The number of piperidine rings is 1. The Morgan fingerprint density at radius 3 is 2.61 bits per heavy atom. The fraction of sp³-hybridized carbons (Fsp3) is 0.320. The van der Waals surface area contributed by atoms with Crippen LogP contribution in [0.5, 0.6) is 0 Å². The van der Waals surface area contributed by atoms with Gasteiger partial charge in [0.2, 0.25) is 0 Å². The summed E-state index contributed by atoms with van der Waals surface area (Å²) in [5.74, 6) is -1.79. The number of aromatic nitrogens is 2. The number of hydrogen-bond donors (Lipinski definition) is 2. The van der Waals surface area contributed by atoms with Gasteiger partial charge in [-0.05, 0) is 36.8 Å². The summed E-state index contributed by atoms with van der Waals surface area (Å²) in [6.07, 6.45) is 2.71. The maximum atomic E-state index is 14.3. The van der Waals surface area contributed by atoms with Crippen LogP contribution in [-0.4, -0.2) is 46.1 Å². The Labute approximate surface area is 191 Å². The smallest absolute Gasteiger partial charge is 0.185 e. The van der Waals surface area contributed by atoms with Crippen molar-refractivity contribution < 1.29 is 18.7 Å². The van der Waals surface area contributed by atoms with Gasteiger partial charge in [-0.1, -0.05) is 19.1 Å². The Balaban J connectivity index is 1.63. The lowest BCUT2D eigenvalue weighted by atomic mass is 9.92. The molecule has 0 spiro atoms. The van der Waals surface area contributed by atoms with Crippen molar-refractivity contribution in [1.29, 1.82) is 0 Å². The molecular weight excluding hydrogens is 426 g/mol. The van der Waals surface area contributed by atoms with Crippen molar-refractivity contribution >= 4 is 11.5 Å². The molecule has 3 atom stereocenters. The Hall–Kier alpha value is -3.23. The third-order valence-corrected chi connectivity index (χ3v) is 6.11. The molecule has 1 unspecified atom stereocenters. The van der Waals surface area contributed by atoms with Gasteiger partial charge in [0.15, 0.2) is 5.78 Å². The van der Waals surface area contributed by atoms with E-state index in [0.29, 0.717) is 24.2 Å². The first-order chi connectivity index (χ1) is 15.8. The highest BCUT2D eigenvalue weighted by Crippen LogP contribution is 2.29. The molecule has 2 aromatic heterocycles. The summed E-state index contributed by atoms with van der Waals surface area (Å²) in [7, 11) is 0. The summed E-state index contributed by atoms with van der Waals surface area (Å²) < 4.78 is 28.7. The number of nitrogens with zero attached hydrogens (tertiary/aromatic N) is 3. The van der Waals surface area contributed by atoms with Crippen LogP contribution >= 0.6 is 0 Å². The van der Waals surface area contributed by atoms with Gasteiger partial charge in [0.05, 0.1) is 17.4 Å². The first-order valence-corrected chi connectivity index (χ1v) is 10.8. The van der Waals surface area contributed by atoms with Crippen LogP contribution in [0.4, 0.5) is 14.5 Å². The molecule has 3 heterocycles. The van der Waals surface area contributed by atoms with Gasteiger partial charge in [-0.2, -0.15) is 0 Å². The van der Waals surface area contributed by atoms with Gasteiger partial charge in [0, 0.05) is 55.1 Å². The standard InChI is InChI=1S/C25H26F2N4O2/c1-14-6-7-20(30-24(14)23-17(26)4-3-5-18(23)27)22(32)10-16-11-29-9-8-21(16)31-12-15(2)25(33)19(28)13-31/h3-9,11,15,19,25,33H,10,12-13,28H2,1-2H3/t15-,19+,25?/m0/s1. The van der Waals surface area contributed by atoms with E-state index in [0.717, 1.165) is 17.8 Å². The molecule has 3 N–H and O–H groups in total. The third kappa shape index (κ3) is 4.62. The number of hydrogen-bond acceptors (Lipinski definition) is 6. The second kappa shape index (κ2) is 9.33. The summed E-state index contributed by atoms with van der Waals surface area (Å²) in [5.41, 5.74) is 8.15. The van der Waals surface area contributed by atoms with Crippen molar-refractivity contribution in [2.75, 3.05) is 18.0 Å². The quantitative estimate of drug-likeness (QED) is 0.577. The molecule has 1 aliphatic heterocycles. The molecule has 0 saturated carbocycles. The van der Waals surface area contributed by atoms with Crippen LogP contribution in [0.3, 0.4) is 0 Å². The molecule has 4 rings (SSSR count). The molecular formula is C25H26F2N4O2. The monoisotopic (exact) mass is 452 g/mol. The number of aliphatic hydroxyl groups is 1. The van der Waals surface area contributed by atoms with Crippen LogP contribution < -0.4 is 10.6 Å². The van der Waals surface area contributed by atoms with E-state index >= 15 is 0 Å². The van der Waals surface area contributed by atoms with Crippen molar-refractivity contribution in [3.63, 3.8) is 0 Å². The summed E-state index contributed by atoms with van der Waals surface area (Å²) >= 11 is 0. The molecule has 1 saturated heterocycles. The van der Waals surface area contributed by atoms with Crippen molar-refractivity contribution in [3.8, 4) is 11.3 Å². The molecule has 3 aromatic rings. The van der Waals surface area contributed by atoms with Crippen LogP contribution in [0.25, 0.3) is 11.3 Å². The van der Waals surface area contributed by atoms with E-state index in [9.17, 15) is 18.7 Å². The first-order valence-electron chi connectivity index (χ1n) is 10.8. The normalized spacial score (nSPS) is 20.7. The molecule has 33 heavy (non-hydrogen) atoms. The second-order valence-electron chi connectivity index (χ2n) is 8.60. The molecule has 1 fully saturated rings. The van der Waals surface area contributed by atoms with Crippen LogP contribution in [0.15, 0.2) is 48.8 Å². The molecule has 0 bridgehead atoms. The predicted octanol–water partition coefficient (Wildman–Crippen LogP) is 3.30. The highest BCUT2D eigenvalue weighted by atomic mass is 19.1. The number of Topliss-reactive ketones (excluding diaryl/α,β-unsaturated/α-hetero) is 1. The van der Waals surface area contributed by atoms with Crippen LogP contribution in [0, 0.1) is 24.5 Å². The zero-order valence-corrected chi connectivity index (χ0v) is 18.5. The fourth-order valence-corrected chi connectivity index (χ4v) is 4.30. The van der Waals surface area contributed by atoms with Gasteiger partial charge in [0.1, 0.15) is 17.3 Å². The average molecular weight is 453 g/mol. The number of anilines is 1. The van der Waals surface area contributed by atoms with Crippen molar-refractivity contribution in [1.82, 2.24) is 9.97 Å². The van der Waals surface area contributed by atoms with Crippen LogP contribution in [0.1, 0.15) is 28.5 Å². The molecule has 8 heteroatoms. The van der Waals surface area contributed by atoms with Gasteiger partial charge in [-0.25, -0.2) is 13.8 Å². The topological polar surface area (TPSA) is 92.3 Å². The van der Waals surface area contributed by atoms with Crippen LogP contribution in [-0.2, 0) is 6.42 Å². The molecule has 172 valence electrons. The molecule has 0 aliphatic carbocycles. The average Bonchev–Trinajstić information content (AvgIpc) is 2.78. The van der Waals surface area contributed by atoms with Gasteiger partial charge in [0.25, 0.3) is 0 Å². The number of pyridine rings is 2. The number of nitrogens with two attached hydrogens (primary N) is 1. The number of carbonyl (C=O) groups excluding carboxylic acids is 1. The minimum Gasteiger partial charge on any atom is -0.391 e.